The maximum Gasteiger partial charge on any atom is 0.260 e. The molecule has 0 aliphatic carbocycles. The van der Waals surface area contributed by atoms with Crippen LogP contribution in [0, 0.1) is 0 Å². The highest BCUT2D eigenvalue weighted by Gasteiger charge is 2.17. The second-order valence-electron chi connectivity index (χ2n) is 6.06. The summed E-state index contributed by atoms with van der Waals surface area (Å²) in [6.45, 7) is 4.43. The van der Waals surface area contributed by atoms with Crippen molar-refractivity contribution in [3.63, 3.8) is 0 Å². The number of hydrogen-bond donors (Lipinski definition) is 1. The van der Waals surface area contributed by atoms with Gasteiger partial charge in [-0.1, -0.05) is 18.2 Å². The molecule has 3 rings (SSSR count). The van der Waals surface area contributed by atoms with E-state index in [9.17, 15) is 9.59 Å². The first-order valence-electron chi connectivity index (χ1n) is 8.72. The van der Waals surface area contributed by atoms with E-state index in [-0.39, 0.29) is 25.2 Å². The number of ether oxygens (including phenoxy) is 3. The van der Waals surface area contributed by atoms with Crippen LogP contribution in [0.3, 0.4) is 0 Å². The molecule has 0 spiro atoms. The minimum absolute atomic E-state index is 0.116. The molecule has 0 atom stereocenters. The number of nitrogens with zero attached hydrogens (tertiary/aromatic N) is 1. The van der Waals surface area contributed by atoms with E-state index in [0.29, 0.717) is 36.0 Å². The molecule has 0 radical (unpaired) electrons. The third-order valence-corrected chi connectivity index (χ3v) is 4.09. The summed E-state index contributed by atoms with van der Waals surface area (Å²) in [4.78, 5) is 25.6. The van der Waals surface area contributed by atoms with Crippen molar-refractivity contribution in [1.82, 2.24) is 4.90 Å². The van der Waals surface area contributed by atoms with E-state index in [1.807, 2.05) is 25.1 Å². The Kier molecular flexibility index (Phi) is 5.80. The topological polar surface area (TPSA) is 77.1 Å². The molecular weight excluding hydrogens is 348 g/mol. The Morgan fingerprint density at radius 1 is 1.15 bits per heavy atom. The van der Waals surface area contributed by atoms with E-state index < -0.39 is 0 Å². The summed E-state index contributed by atoms with van der Waals surface area (Å²) in [5.74, 6) is 1.52. The van der Waals surface area contributed by atoms with Gasteiger partial charge in [-0.2, -0.15) is 0 Å². The van der Waals surface area contributed by atoms with Gasteiger partial charge in [0.2, 0.25) is 12.7 Å². The molecule has 27 heavy (non-hydrogen) atoms. The molecule has 1 heterocycles. The summed E-state index contributed by atoms with van der Waals surface area (Å²) < 4.78 is 16.3. The summed E-state index contributed by atoms with van der Waals surface area (Å²) in [7, 11) is 0. The molecule has 0 fully saturated rings. The predicted octanol–water partition coefficient (Wildman–Crippen LogP) is 2.80. The van der Waals surface area contributed by atoms with Crippen LogP contribution in [0.4, 0.5) is 5.69 Å². The van der Waals surface area contributed by atoms with Gasteiger partial charge in [-0.3, -0.25) is 9.59 Å². The number of hydrogen-bond acceptors (Lipinski definition) is 5. The highest BCUT2D eigenvalue weighted by molar-refractivity contribution is 5.90. The fourth-order valence-electron chi connectivity index (χ4n) is 2.75. The number of para-hydroxylation sites is 2. The van der Waals surface area contributed by atoms with Crippen LogP contribution < -0.4 is 19.5 Å². The highest BCUT2D eigenvalue weighted by Crippen LogP contribution is 2.32. The first-order valence-corrected chi connectivity index (χ1v) is 8.72. The number of nitrogens with one attached hydrogen (secondary N) is 1. The average Bonchev–Trinajstić information content (AvgIpc) is 3.12. The average molecular weight is 370 g/mol. The van der Waals surface area contributed by atoms with Gasteiger partial charge in [-0.05, 0) is 36.8 Å². The normalized spacial score (nSPS) is 11.8. The lowest BCUT2D eigenvalue weighted by molar-refractivity contribution is -0.133. The number of carbonyl (C=O) groups excluding carboxylic acids is 2. The van der Waals surface area contributed by atoms with Gasteiger partial charge in [0.1, 0.15) is 5.75 Å². The molecule has 142 valence electrons. The van der Waals surface area contributed by atoms with Gasteiger partial charge in [-0.25, -0.2) is 0 Å². The number of fused-ring (bicyclic) bond motifs is 1. The summed E-state index contributed by atoms with van der Waals surface area (Å²) in [5.41, 5.74) is 1.49. The second-order valence-corrected chi connectivity index (χ2v) is 6.06. The molecule has 7 nitrogen and oxygen atoms in total. The molecule has 0 saturated carbocycles. The zero-order chi connectivity index (χ0) is 19.2. The van der Waals surface area contributed by atoms with Crippen molar-refractivity contribution in [2.75, 3.05) is 25.3 Å². The zero-order valence-corrected chi connectivity index (χ0v) is 15.4. The van der Waals surface area contributed by atoms with Crippen LogP contribution in [-0.4, -0.2) is 36.7 Å². The Morgan fingerprint density at radius 3 is 2.70 bits per heavy atom. The van der Waals surface area contributed by atoms with Crippen molar-refractivity contribution in [3.8, 4) is 17.2 Å². The molecule has 0 aromatic heterocycles. The highest BCUT2D eigenvalue weighted by atomic mass is 16.7. The lowest BCUT2D eigenvalue weighted by atomic mass is 10.2. The third kappa shape index (κ3) is 4.69. The van der Waals surface area contributed by atoms with Crippen LogP contribution in [0.1, 0.15) is 19.4 Å². The van der Waals surface area contributed by atoms with E-state index >= 15 is 0 Å². The first kappa shape index (κ1) is 18.6. The Balaban J connectivity index is 1.62. The van der Waals surface area contributed by atoms with Gasteiger partial charge in [0.15, 0.2) is 18.1 Å². The molecule has 2 amide bonds. The molecule has 0 saturated heterocycles. The van der Waals surface area contributed by atoms with E-state index in [1.54, 1.807) is 29.2 Å². The minimum Gasteiger partial charge on any atom is -0.482 e. The molecule has 0 bridgehead atoms. The zero-order valence-electron chi connectivity index (χ0n) is 15.4. The van der Waals surface area contributed by atoms with Crippen molar-refractivity contribution in [1.29, 1.82) is 0 Å². The molecule has 1 aliphatic rings. The number of likely N-dealkylation sites (N-methyl/N-ethyl adjacent to an activating group) is 1. The lowest BCUT2D eigenvalue weighted by Gasteiger charge is -2.21. The van der Waals surface area contributed by atoms with Crippen molar-refractivity contribution in [3.05, 3.63) is 48.0 Å². The Morgan fingerprint density at radius 2 is 1.93 bits per heavy atom. The van der Waals surface area contributed by atoms with Crippen LogP contribution in [-0.2, 0) is 16.1 Å². The Bertz CT molecular complexity index is 837. The Hall–Kier alpha value is -3.22. The van der Waals surface area contributed by atoms with Crippen molar-refractivity contribution >= 4 is 17.5 Å². The van der Waals surface area contributed by atoms with Crippen LogP contribution in [0.25, 0.3) is 0 Å². The van der Waals surface area contributed by atoms with Gasteiger partial charge in [0, 0.05) is 20.0 Å². The fraction of sp³-hybridized carbons (Fsp3) is 0.300. The molecule has 2 aromatic carbocycles. The molecule has 2 aromatic rings. The molecule has 1 N–H and O–H groups in total. The quantitative estimate of drug-likeness (QED) is 0.811. The second kappa shape index (κ2) is 8.44. The standard InChI is InChI=1S/C20H22N2O5/c1-3-22(11-15-8-9-18-19(10-15)27-13-26-18)20(24)12-25-17-7-5-4-6-16(17)21-14(2)23/h4-10H,3,11-13H2,1-2H3,(H,21,23). The Labute approximate surface area is 157 Å². The summed E-state index contributed by atoms with van der Waals surface area (Å²) in [5, 5.41) is 2.69. The van der Waals surface area contributed by atoms with Crippen molar-refractivity contribution in [2.45, 2.75) is 20.4 Å². The van der Waals surface area contributed by atoms with Gasteiger partial charge >= 0.3 is 0 Å². The minimum atomic E-state index is -0.199. The SMILES string of the molecule is CCN(Cc1ccc2c(c1)OCO2)C(=O)COc1ccccc1NC(C)=O. The van der Waals surface area contributed by atoms with Gasteiger partial charge in [0.05, 0.1) is 5.69 Å². The van der Waals surface area contributed by atoms with E-state index in [0.717, 1.165) is 5.56 Å². The predicted molar refractivity (Wildman–Crippen MR) is 99.9 cm³/mol. The number of amides is 2. The van der Waals surface area contributed by atoms with E-state index in [1.165, 1.54) is 6.92 Å². The lowest BCUT2D eigenvalue weighted by Crippen LogP contribution is -2.34. The number of carbonyl (C=O) groups is 2. The van der Waals surface area contributed by atoms with Crippen LogP contribution in [0.5, 0.6) is 17.2 Å². The number of rotatable bonds is 7. The van der Waals surface area contributed by atoms with E-state index in [4.69, 9.17) is 14.2 Å². The maximum atomic E-state index is 12.6. The summed E-state index contributed by atoms with van der Waals surface area (Å²) >= 11 is 0. The van der Waals surface area contributed by atoms with Crippen LogP contribution in [0.2, 0.25) is 0 Å². The monoisotopic (exact) mass is 370 g/mol. The molecule has 7 heteroatoms. The largest absolute Gasteiger partial charge is 0.482 e. The van der Waals surface area contributed by atoms with E-state index in [2.05, 4.69) is 5.32 Å². The van der Waals surface area contributed by atoms with Gasteiger partial charge in [-0.15, -0.1) is 0 Å². The first-order chi connectivity index (χ1) is 13.1. The summed E-state index contributed by atoms with van der Waals surface area (Å²) in [6.07, 6.45) is 0. The molecule has 1 aliphatic heterocycles. The fourth-order valence-corrected chi connectivity index (χ4v) is 2.75. The van der Waals surface area contributed by atoms with Gasteiger partial charge < -0.3 is 24.4 Å². The summed E-state index contributed by atoms with van der Waals surface area (Å²) in [6, 6.07) is 12.7. The van der Waals surface area contributed by atoms with Crippen molar-refractivity contribution in [2.24, 2.45) is 0 Å². The molecular formula is C20H22N2O5. The maximum absolute atomic E-state index is 12.6. The van der Waals surface area contributed by atoms with Crippen LogP contribution >= 0.6 is 0 Å². The number of benzene rings is 2. The van der Waals surface area contributed by atoms with Gasteiger partial charge in [0.25, 0.3) is 5.91 Å². The number of anilines is 1. The van der Waals surface area contributed by atoms with Crippen molar-refractivity contribution < 1.29 is 23.8 Å². The third-order valence-electron chi connectivity index (χ3n) is 4.09. The smallest absolute Gasteiger partial charge is 0.260 e. The molecule has 0 unspecified atom stereocenters. The van der Waals surface area contributed by atoms with Crippen LogP contribution in [0.15, 0.2) is 42.5 Å².